The van der Waals surface area contributed by atoms with Crippen LogP contribution in [-0.2, 0) is 0 Å². The van der Waals surface area contributed by atoms with Crippen molar-refractivity contribution in [3.63, 3.8) is 0 Å². The van der Waals surface area contributed by atoms with Crippen molar-refractivity contribution in [2.45, 2.75) is 30.9 Å². The lowest BCUT2D eigenvalue weighted by molar-refractivity contribution is 0.180. The molecule has 5 nitrogen and oxygen atoms in total. The molecule has 0 spiro atoms. The van der Waals surface area contributed by atoms with E-state index >= 15 is 0 Å². The molecule has 4 rings (SSSR count). The maximum Gasteiger partial charge on any atom is 0.138 e. The molecule has 31 heavy (non-hydrogen) atoms. The quantitative estimate of drug-likeness (QED) is 0.350. The molecule has 7 heteroatoms. The highest BCUT2D eigenvalue weighted by atomic mass is 32.2. The highest BCUT2D eigenvalue weighted by molar-refractivity contribution is 7.99. The summed E-state index contributed by atoms with van der Waals surface area (Å²) in [6.07, 6.45) is 1.53. The summed E-state index contributed by atoms with van der Waals surface area (Å²) in [5.41, 5.74) is 9.02. The molecule has 0 saturated heterocycles. The van der Waals surface area contributed by atoms with E-state index < -0.39 is 0 Å². The number of rotatable bonds is 7. The zero-order valence-corrected chi connectivity index (χ0v) is 18.5. The Balaban J connectivity index is 0.00000272. The minimum absolute atomic E-state index is 0. The highest BCUT2D eigenvalue weighted by Crippen LogP contribution is 2.29. The zero-order chi connectivity index (χ0) is 21.1. The van der Waals surface area contributed by atoms with Gasteiger partial charge < -0.3 is 16.6 Å². The Morgan fingerprint density at radius 2 is 1.77 bits per heavy atom. The second kappa shape index (κ2) is 9.96. The molecular formula is C24H27FN4OS. The molecule has 0 bridgehead atoms. The Morgan fingerprint density at radius 3 is 2.42 bits per heavy atom. The third-order valence-corrected chi connectivity index (χ3v) is 5.77. The van der Waals surface area contributed by atoms with E-state index in [1.807, 2.05) is 36.9 Å². The largest absolute Gasteiger partial charge is 0.484 e. The molecule has 0 aliphatic heterocycles. The average Bonchev–Trinajstić information content (AvgIpc) is 3.16. The fourth-order valence-electron chi connectivity index (χ4n) is 3.42. The molecule has 5 N–H and O–H groups in total. The molecule has 0 fully saturated rings. The van der Waals surface area contributed by atoms with Gasteiger partial charge in [-0.2, -0.15) is 5.10 Å². The molecule has 0 aliphatic carbocycles. The standard InChI is InChI=1S/C24H24FN3OS.H3N/c1-3-30-22-11-4-17(5-12-22)24(16(2)26)29-21-10-13-23-18(14-21)15-27-28(23)20-8-6-19(25)7-9-20;/h4-16,24H,3,26H2,1-2H3;1H3. The van der Waals surface area contributed by atoms with Crippen LogP contribution in [0.5, 0.6) is 5.75 Å². The van der Waals surface area contributed by atoms with Crippen molar-refractivity contribution in [1.29, 1.82) is 0 Å². The number of fused-ring (bicyclic) bond motifs is 1. The van der Waals surface area contributed by atoms with Gasteiger partial charge in [-0.3, -0.25) is 0 Å². The Bertz CT molecular complexity index is 1130. The lowest BCUT2D eigenvalue weighted by Gasteiger charge is -2.23. The van der Waals surface area contributed by atoms with Gasteiger partial charge in [0.25, 0.3) is 0 Å². The van der Waals surface area contributed by atoms with Crippen LogP contribution in [0.1, 0.15) is 25.5 Å². The van der Waals surface area contributed by atoms with Gasteiger partial charge in [0.1, 0.15) is 17.7 Å². The van der Waals surface area contributed by atoms with Crippen LogP contribution < -0.4 is 16.6 Å². The first-order valence-corrected chi connectivity index (χ1v) is 10.9. The average molecular weight is 439 g/mol. The summed E-state index contributed by atoms with van der Waals surface area (Å²) >= 11 is 1.81. The van der Waals surface area contributed by atoms with E-state index in [-0.39, 0.29) is 24.1 Å². The number of hydrogen-bond acceptors (Lipinski definition) is 5. The fourth-order valence-corrected chi connectivity index (χ4v) is 4.08. The summed E-state index contributed by atoms with van der Waals surface area (Å²) in [4.78, 5) is 1.24. The van der Waals surface area contributed by atoms with Crippen LogP contribution in [0.4, 0.5) is 4.39 Å². The molecular weight excluding hydrogens is 411 g/mol. The number of halogens is 1. The van der Waals surface area contributed by atoms with Gasteiger partial charge in [-0.15, -0.1) is 11.8 Å². The number of hydrogen-bond donors (Lipinski definition) is 2. The van der Waals surface area contributed by atoms with E-state index in [9.17, 15) is 4.39 Å². The zero-order valence-electron chi connectivity index (χ0n) is 17.7. The van der Waals surface area contributed by atoms with Gasteiger partial charge in [0, 0.05) is 16.3 Å². The number of nitrogens with two attached hydrogens (primary N) is 1. The van der Waals surface area contributed by atoms with Crippen LogP contribution in [0.3, 0.4) is 0 Å². The third kappa shape index (κ3) is 5.07. The van der Waals surface area contributed by atoms with Crippen molar-refractivity contribution >= 4 is 22.7 Å². The van der Waals surface area contributed by atoms with Crippen LogP contribution in [0.15, 0.2) is 77.8 Å². The summed E-state index contributed by atoms with van der Waals surface area (Å²) in [5.74, 6) is 1.50. The monoisotopic (exact) mass is 438 g/mol. The lowest BCUT2D eigenvalue weighted by Crippen LogP contribution is -2.29. The molecule has 3 aromatic carbocycles. The molecule has 0 amide bonds. The van der Waals surface area contributed by atoms with Gasteiger partial charge in [-0.05, 0) is 72.8 Å². The summed E-state index contributed by atoms with van der Waals surface area (Å²) in [6, 6.07) is 20.3. The minimum atomic E-state index is -0.269. The van der Waals surface area contributed by atoms with Crippen molar-refractivity contribution < 1.29 is 9.13 Å². The maximum atomic E-state index is 13.2. The second-order valence-electron chi connectivity index (χ2n) is 7.15. The Labute approximate surface area is 186 Å². The van der Waals surface area contributed by atoms with Crippen LogP contribution in [0, 0.1) is 5.82 Å². The van der Waals surface area contributed by atoms with E-state index in [0.717, 1.165) is 33.7 Å². The highest BCUT2D eigenvalue weighted by Gasteiger charge is 2.19. The van der Waals surface area contributed by atoms with Crippen molar-refractivity contribution in [3.05, 3.63) is 84.3 Å². The SMILES string of the molecule is CCSc1ccc(C(Oc2ccc3c(cnn3-c3ccc(F)cc3)c2)C(C)N)cc1.N. The smallest absolute Gasteiger partial charge is 0.138 e. The molecule has 2 atom stereocenters. The van der Waals surface area contributed by atoms with Gasteiger partial charge in [0.05, 0.1) is 17.4 Å². The van der Waals surface area contributed by atoms with Crippen molar-refractivity contribution in [2.24, 2.45) is 5.73 Å². The molecule has 1 heterocycles. The molecule has 0 aliphatic rings. The Morgan fingerprint density at radius 1 is 1.06 bits per heavy atom. The van der Waals surface area contributed by atoms with E-state index in [0.29, 0.717) is 0 Å². The molecule has 2 unspecified atom stereocenters. The first-order chi connectivity index (χ1) is 14.5. The van der Waals surface area contributed by atoms with Crippen LogP contribution in [0.25, 0.3) is 16.6 Å². The topological polar surface area (TPSA) is 88.1 Å². The molecule has 0 radical (unpaired) electrons. The fraction of sp³-hybridized carbons (Fsp3) is 0.208. The summed E-state index contributed by atoms with van der Waals surface area (Å²) in [6.45, 7) is 4.09. The molecule has 0 saturated carbocycles. The number of ether oxygens (including phenoxy) is 1. The normalized spacial score (nSPS) is 12.9. The van der Waals surface area contributed by atoms with Crippen LogP contribution in [-0.4, -0.2) is 21.6 Å². The molecule has 162 valence electrons. The Kier molecular flexibility index (Phi) is 7.33. The first kappa shape index (κ1) is 22.8. The molecule has 1 aromatic heterocycles. The van der Waals surface area contributed by atoms with Gasteiger partial charge in [-0.25, -0.2) is 9.07 Å². The van der Waals surface area contributed by atoms with Crippen LogP contribution >= 0.6 is 11.8 Å². The third-order valence-electron chi connectivity index (χ3n) is 4.87. The van der Waals surface area contributed by atoms with Crippen molar-refractivity contribution in [3.8, 4) is 11.4 Å². The predicted molar refractivity (Wildman–Crippen MR) is 126 cm³/mol. The number of benzene rings is 3. The van der Waals surface area contributed by atoms with E-state index in [4.69, 9.17) is 10.5 Å². The van der Waals surface area contributed by atoms with Gasteiger partial charge >= 0.3 is 0 Å². The predicted octanol–water partition coefficient (Wildman–Crippen LogP) is 5.91. The molecule has 4 aromatic rings. The maximum absolute atomic E-state index is 13.2. The number of nitrogens with zero attached hydrogens (tertiary/aromatic N) is 2. The van der Waals surface area contributed by atoms with E-state index in [1.165, 1.54) is 17.0 Å². The summed E-state index contributed by atoms with van der Waals surface area (Å²) in [5, 5.41) is 5.39. The van der Waals surface area contributed by atoms with E-state index in [2.05, 4.69) is 36.3 Å². The van der Waals surface area contributed by atoms with E-state index in [1.54, 1.807) is 23.0 Å². The lowest BCUT2D eigenvalue weighted by atomic mass is 10.0. The summed E-state index contributed by atoms with van der Waals surface area (Å²) < 4.78 is 21.3. The van der Waals surface area contributed by atoms with Gasteiger partial charge in [0.15, 0.2) is 0 Å². The summed E-state index contributed by atoms with van der Waals surface area (Å²) in [7, 11) is 0. The van der Waals surface area contributed by atoms with Gasteiger partial charge in [-0.1, -0.05) is 19.1 Å². The second-order valence-corrected chi connectivity index (χ2v) is 8.49. The van der Waals surface area contributed by atoms with Gasteiger partial charge in [0.2, 0.25) is 0 Å². The number of thioether (sulfide) groups is 1. The first-order valence-electron chi connectivity index (χ1n) is 9.94. The Hall–Kier alpha value is -2.87. The van der Waals surface area contributed by atoms with Crippen molar-refractivity contribution in [1.82, 2.24) is 15.9 Å². The number of aromatic nitrogens is 2. The van der Waals surface area contributed by atoms with Crippen LogP contribution in [0.2, 0.25) is 0 Å². The van der Waals surface area contributed by atoms with Crippen molar-refractivity contribution in [2.75, 3.05) is 5.75 Å². The minimum Gasteiger partial charge on any atom is -0.484 e.